The molecule has 3 rings (SSSR count). The number of hydrazine groups is 1. The number of carbonyl (C=O) groups is 1. The number of hydrogen-bond donors (Lipinski definition) is 2. The molecular weight excluding hydrogens is 425 g/mol. The Balaban J connectivity index is 1.43. The fraction of sp³-hybridized carbons (Fsp3) is 0.440. The van der Waals surface area contributed by atoms with Crippen molar-refractivity contribution in [3.8, 4) is 5.75 Å². The number of halogens is 1. The zero-order chi connectivity index (χ0) is 23.5. The van der Waals surface area contributed by atoms with Crippen molar-refractivity contribution in [1.82, 2.24) is 0 Å². The average Bonchev–Trinajstić information content (AvgIpc) is 3.02. The monoisotopic (exact) mass is 457 g/mol. The molecule has 1 saturated carbocycles. The van der Waals surface area contributed by atoms with Gasteiger partial charge in [-0.15, -0.1) is 0 Å². The third-order valence-corrected chi connectivity index (χ3v) is 5.45. The third-order valence-electron chi connectivity index (χ3n) is 5.45. The van der Waals surface area contributed by atoms with Crippen LogP contribution >= 0.6 is 0 Å². The molecule has 7 nitrogen and oxygen atoms in total. The molecule has 0 spiro atoms. The average molecular weight is 458 g/mol. The molecule has 0 amide bonds. The van der Waals surface area contributed by atoms with Gasteiger partial charge in [0.25, 0.3) is 0 Å². The van der Waals surface area contributed by atoms with Crippen LogP contribution in [0, 0.1) is 11.7 Å². The van der Waals surface area contributed by atoms with Gasteiger partial charge in [0.2, 0.25) is 0 Å². The first-order valence-corrected chi connectivity index (χ1v) is 11.5. The summed E-state index contributed by atoms with van der Waals surface area (Å²) in [5, 5.41) is 14.6. The number of rotatable bonds is 11. The number of allylic oxidation sites excluding steroid dienone is 5. The van der Waals surface area contributed by atoms with Crippen LogP contribution in [-0.2, 0) is 9.53 Å². The zero-order valence-electron chi connectivity index (χ0n) is 18.8. The van der Waals surface area contributed by atoms with Crippen molar-refractivity contribution in [1.29, 1.82) is 0 Å². The number of nitrogens with zero attached hydrogens (tertiary/aromatic N) is 2. The van der Waals surface area contributed by atoms with Crippen LogP contribution in [0.5, 0.6) is 5.75 Å². The maximum absolute atomic E-state index is 13.8. The number of carboxylic acids is 1. The minimum Gasteiger partial charge on any atom is -0.494 e. The molecule has 0 heterocycles. The van der Waals surface area contributed by atoms with Crippen LogP contribution in [0.1, 0.15) is 51.4 Å². The van der Waals surface area contributed by atoms with E-state index in [1.54, 1.807) is 12.1 Å². The molecule has 3 N–H and O–H groups in total. The molecule has 8 heteroatoms. The minimum absolute atomic E-state index is 0.0592. The molecule has 0 bridgehead atoms. The number of ether oxygens (including phenoxy) is 2. The molecule has 1 atom stereocenters. The number of carboxylic acid groups (broad SMARTS) is 1. The second-order valence-corrected chi connectivity index (χ2v) is 8.16. The molecule has 178 valence electrons. The first-order chi connectivity index (χ1) is 16.0. The van der Waals surface area contributed by atoms with Crippen LogP contribution < -0.4 is 15.7 Å². The van der Waals surface area contributed by atoms with Gasteiger partial charge in [-0.1, -0.05) is 24.6 Å². The number of nitrogens with two attached hydrogens (primary N) is 1. The summed E-state index contributed by atoms with van der Waals surface area (Å²) < 4.78 is 25.4. The van der Waals surface area contributed by atoms with Crippen molar-refractivity contribution < 1.29 is 23.8 Å². The second kappa shape index (κ2) is 12.8. The number of unbranched alkanes of at least 4 members (excludes halogenated alkanes) is 1. The summed E-state index contributed by atoms with van der Waals surface area (Å²) in [6.07, 6.45) is 15.9. The Morgan fingerprint density at radius 1 is 1.15 bits per heavy atom. The molecule has 2 aliphatic carbocycles. The largest absolute Gasteiger partial charge is 0.494 e. The lowest BCUT2D eigenvalue weighted by Crippen LogP contribution is -2.27. The normalized spacial score (nSPS) is 17.8. The molecule has 1 unspecified atom stereocenters. The van der Waals surface area contributed by atoms with E-state index >= 15 is 0 Å². The minimum atomic E-state index is -0.831. The van der Waals surface area contributed by atoms with E-state index in [1.165, 1.54) is 23.7 Å². The molecule has 1 aromatic carbocycles. The first-order valence-electron chi connectivity index (χ1n) is 11.5. The molecule has 0 aromatic heterocycles. The lowest BCUT2D eigenvalue weighted by molar-refractivity contribution is -0.137. The first kappa shape index (κ1) is 24.5. The summed E-state index contributed by atoms with van der Waals surface area (Å²) in [4.78, 5) is 10.8. The highest BCUT2D eigenvalue weighted by molar-refractivity contribution is 5.86. The molecule has 1 fully saturated rings. The molecule has 33 heavy (non-hydrogen) atoms. The van der Waals surface area contributed by atoms with Crippen LogP contribution in [0.4, 0.5) is 10.1 Å². The zero-order valence-corrected chi connectivity index (χ0v) is 18.8. The summed E-state index contributed by atoms with van der Waals surface area (Å²) in [5.74, 6) is 5.93. The van der Waals surface area contributed by atoms with Gasteiger partial charge < -0.3 is 14.6 Å². The van der Waals surface area contributed by atoms with Crippen molar-refractivity contribution in [3.05, 3.63) is 60.2 Å². The van der Waals surface area contributed by atoms with Crippen molar-refractivity contribution in [2.45, 2.75) is 51.4 Å². The number of anilines is 1. The predicted molar refractivity (Wildman–Crippen MR) is 126 cm³/mol. The second-order valence-electron chi connectivity index (χ2n) is 8.16. The lowest BCUT2D eigenvalue weighted by Gasteiger charge is -2.20. The van der Waals surface area contributed by atoms with Crippen molar-refractivity contribution in [2.24, 2.45) is 16.9 Å². The molecular formula is C25H32FN3O4. The highest BCUT2D eigenvalue weighted by Gasteiger charge is 2.14. The van der Waals surface area contributed by atoms with E-state index in [-0.39, 0.29) is 12.3 Å². The van der Waals surface area contributed by atoms with E-state index in [1.807, 2.05) is 24.3 Å². The standard InChI is InChI=1S/C25H32FN3O4/c26-20-12-14-24(23(18-20)29(27)28-21-8-2-1-3-9-21)33-16-5-4-15-32-22-10-6-7-19(11-13-22)17-25(30)31/h6-7,10-14,18-19H,1-5,8-9,15-17,27H2,(H,30,31). The number of benzene rings is 1. The van der Waals surface area contributed by atoms with Gasteiger partial charge in [0.05, 0.1) is 19.6 Å². The molecule has 0 aliphatic heterocycles. The molecule has 0 radical (unpaired) electrons. The lowest BCUT2D eigenvalue weighted by atomic mass is 9.99. The quantitative estimate of drug-likeness (QED) is 0.273. The number of hydrazone groups is 1. The van der Waals surface area contributed by atoms with Crippen LogP contribution in [-0.4, -0.2) is 30.0 Å². The van der Waals surface area contributed by atoms with Gasteiger partial charge in [0.15, 0.2) is 0 Å². The van der Waals surface area contributed by atoms with Crippen LogP contribution in [0.2, 0.25) is 0 Å². The fourth-order valence-electron chi connectivity index (χ4n) is 3.70. The van der Waals surface area contributed by atoms with Gasteiger partial charge in [0.1, 0.15) is 23.0 Å². The van der Waals surface area contributed by atoms with Crippen molar-refractivity contribution >= 4 is 17.4 Å². The van der Waals surface area contributed by atoms with Gasteiger partial charge in [-0.2, -0.15) is 10.2 Å². The van der Waals surface area contributed by atoms with E-state index in [0.29, 0.717) is 30.4 Å². The predicted octanol–water partition coefficient (Wildman–Crippen LogP) is 5.10. The van der Waals surface area contributed by atoms with Crippen LogP contribution in [0.15, 0.2) is 59.4 Å². The van der Waals surface area contributed by atoms with E-state index in [9.17, 15) is 9.18 Å². The van der Waals surface area contributed by atoms with Crippen LogP contribution in [0.25, 0.3) is 0 Å². The Morgan fingerprint density at radius 3 is 2.67 bits per heavy atom. The SMILES string of the molecule is NN(N=C1CCCCC1)c1cc(F)ccc1OCCCCOC1=CC=CC(CC(=O)O)C=C1. The number of aliphatic carboxylic acids is 1. The maximum atomic E-state index is 13.8. The summed E-state index contributed by atoms with van der Waals surface area (Å²) in [5.41, 5.74) is 1.43. The molecule has 0 saturated heterocycles. The Hall–Kier alpha value is -3.13. The van der Waals surface area contributed by atoms with Gasteiger partial charge in [-0.3, -0.25) is 4.79 Å². The third kappa shape index (κ3) is 8.38. The Morgan fingerprint density at radius 2 is 1.91 bits per heavy atom. The van der Waals surface area contributed by atoms with Crippen LogP contribution in [0.3, 0.4) is 0 Å². The summed E-state index contributed by atoms with van der Waals surface area (Å²) in [6.45, 7) is 0.936. The summed E-state index contributed by atoms with van der Waals surface area (Å²) >= 11 is 0. The van der Waals surface area contributed by atoms with Crippen molar-refractivity contribution in [2.75, 3.05) is 18.3 Å². The number of hydrogen-bond acceptors (Lipinski definition) is 6. The van der Waals surface area contributed by atoms with Gasteiger partial charge in [-0.05, 0) is 62.8 Å². The van der Waals surface area contributed by atoms with Crippen molar-refractivity contribution in [3.63, 3.8) is 0 Å². The van der Waals surface area contributed by atoms with Gasteiger partial charge >= 0.3 is 5.97 Å². The fourth-order valence-corrected chi connectivity index (χ4v) is 3.70. The smallest absolute Gasteiger partial charge is 0.304 e. The maximum Gasteiger partial charge on any atom is 0.304 e. The Labute approximate surface area is 194 Å². The van der Waals surface area contributed by atoms with Gasteiger partial charge in [-0.25, -0.2) is 10.2 Å². The highest BCUT2D eigenvalue weighted by atomic mass is 19.1. The Kier molecular flexibility index (Phi) is 9.50. The van der Waals surface area contributed by atoms with Gasteiger partial charge in [0, 0.05) is 17.7 Å². The van der Waals surface area contributed by atoms with E-state index in [0.717, 1.165) is 44.2 Å². The Bertz CT molecular complexity index is 918. The topological polar surface area (TPSA) is 97.4 Å². The molecule has 1 aromatic rings. The van der Waals surface area contributed by atoms with E-state index in [4.69, 9.17) is 20.4 Å². The molecule has 2 aliphatic rings. The summed E-state index contributed by atoms with van der Waals surface area (Å²) in [6, 6.07) is 4.25. The van der Waals surface area contributed by atoms with E-state index < -0.39 is 11.8 Å². The van der Waals surface area contributed by atoms with E-state index in [2.05, 4.69) is 5.10 Å². The highest BCUT2D eigenvalue weighted by Crippen LogP contribution is 2.29. The summed E-state index contributed by atoms with van der Waals surface area (Å²) in [7, 11) is 0.